The topological polar surface area (TPSA) is 98.1 Å². The molecule has 1 atom stereocenters. The molecule has 22 heavy (non-hydrogen) atoms. The van der Waals surface area contributed by atoms with Gasteiger partial charge in [-0.15, -0.1) is 10.2 Å². The highest BCUT2D eigenvalue weighted by molar-refractivity contribution is 5.58. The maximum absolute atomic E-state index is 5.87. The van der Waals surface area contributed by atoms with Crippen LogP contribution in [0, 0.1) is 0 Å². The molecule has 8 heteroatoms. The van der Waals surface area contributed by atoms with Crippen molar-refractivity contribution in [3.05, 3.63) is 36.7 Å². The summed E-state index contributed by atoms with van der Waals surface area (Å²) in [5.41, 5.74) is 6.47. The Kier molecular flexibility index (Phi) is 3.06. The molecule has 3 aromatic rings. The highest BCUT2D eigenvalue weighted by Crippen LogP contribution is 2.32. The molecule has 112 valence electrons. The third-order valence-corrected chi connectivity index (χ3v) is 3.99. The van der Waals surface area contributed by atoms with E-state index in [1.54, 1.807) is 18.6 Å². The summed E-state index contributed by atoms with van der Waals surface area (Å²) in [6.45, 7) is 0.907. The van der Waals surface area contributed by atoms with Gasteiger partial charge in [0.05, 0.1) is 6.04 Å². The van der Waals surface area contributed by atoms with Crippen LogP contribution < -0.4 is 10.6 Å². The predicted octanol–water partition coefficient (Wildman–Crippen LogP) is 1.23. The summed E-state index contributed by atoms with van der Waals surface area (Å²) in [5.74, 6) is 1.97. The molecule has 0 saturated carbocycles. The second kappa shape index (κ2) is 5.21. The maximum Gasteiger partial charge on any atom is 0.225 e. The van der Waals surface area contributed by atoms with Gasteiger partial charge >= 0.3 is 0 Å². The number of nitrogen functional groups attached to an aromatic ring is 1. The van der Waals surface area contributed by atoms with Gasteiger partial charge in [-0.3, -0.25) is 4.40 Å². The maximum atomic E-state index is 5.87. The van der Waals surface area contributed by atoms with E-state index in [9.17, 15) is 0 Å². The minimum atomic E-state index is 0.0907. The number of fused-ring (bicyclic) bond motifs is 1. The quantitative estimate of drug-likeness (QED) is 0.759. The average molecular weight is 296 g/mol. The Labute approximate surface area is 127 Å². The first-order chi connectivity index (χ1) is 10.8. The molecule has 1 aliphatic heterocycles. The zero-order chi connectivity index (χ0) is 14.9. The molecule has 0 spiro atoms. The number of rotatable bonds is 2. The van der Waals surface area contributed by atoms with Crippen LogP contribution in [0.2, 0.25) is 0 Å². The molecule has 4 rings (SSSR count). The predicted molar refractivity (Wildman–Crippen MR) is 81.2 cm³/mol. The Hall–Kier alpha value is -2.77. The van der Waals surface area contributed by atoms with Gasteiger partial charge < -0.3 is 10.6 Å². The Balaban J connectivity index is 1.79. The number of hydrogen-bond acceptors (Lipinski definition) is 7. The van der Waals surface area contributed by atoms with Crippen molar-refractivity contribution >= 4 is 17.4 Å². The molecule has 0 aromatic carbocycles. The summed E-state index contributed by atoms with van der Waals surface area (Å²) in [5, 5.41) is 8.53. The van der Waals surface area contributed by atoms with E-state index in [2.05, 4.69) is 30.0 Å². The van der Waals surface area contributed by atoms with Crippen molar-refractivity contribution in [3.63, 3.8) is 0 Å². The van der Waals surface area contributed by atoms with Crippen molar-refractivity contribution in [3.8, 4) is 0 Å². The van der Waals surface area contributed by atoms with Crippen molar-refractivity contribution < 1.29 is 0 Å². The monoisotopic (exact) mass is 296 g/mol. The van der Waals surface area contributed by atoms with Crippen molar-refractivity contribution in [2.24, 2.45) is 0 Å². The Bertz CT molecular complexity index is 784. The number of hydrogen-bond donors (Lipinski definition) is 1. The van der Waals surface area contributed by atoms with Crippen LogP contribution in [0.4, 0.5) is 11.8 Å². The summed E-state index contributed by atoms with van der Waals surface area (Å²) in [7, 11) is 0. The first-order valence-electron chi connectivity index (χ1n) is 7.33. The van der Waals surface area contributed by atoms with E-state index in [0.717, 1.165) is 37.6 Å². The van der Waals surface area contributed by atoms with Gasteiger partial charge in [0.15, 0.2) is 11.6 Å². The summed E-state index contributed by atoms with van der Waals surface area (Å²) < 4.78 is 1.91. The molecule has 0 aliphatic carbocycles. The van der Waals surface area contributed by atoms with Gasteiger partial charge in [-0.2, -0.15) is 0 Å². The number of piperidine rings is 1. The van der Waals surface area contributed by atoms with Crippen molar-refractivity contribution in [2.45, 2.75) is 25.3 Å². The van der Waals surface area contributed by atoms with E-state index in [-0.39, 0.29) is 6.04 Å². The lowest BCUT2D eigenvalue weighted by atomic mass is 10.0. The third kappa shape index (κ3) is 2.03. The minimum absolute atomic E-state index is 0.0907. The smallest absolute Gasteiger partial charge is 0.225 e. The Morgan fingerprint density at radius 3 is 2.77 bits per heavy atom. The highest BCUT2D eigenvalue weighted by atomic mass is 15.3. The zero-order valence-electron chi connectivity index (χ0n) is 12.0. The van der Waals surface area contributed by atoms with Crippen LogP contribution in [-0.4, -0.2) is 36.1 Å². The van der Waals surface area contributed by atoms with E-state index < -0.39 is 0 Å². The molecule has 4 heterocycles. The summed E-state index contributed by atoms with van der Waals surface area (Å²) in [4.78, 5) is 15.0. The van der Waals surface area contributed by atoms with Crippen molar-refractivity contribution in [1.82, 2.24) is 29.5 Å². The summed E-state index contributed by atoms with van der Waals surface area (Å²) in [6.07, 6.45) is 10.3. The molecule has 0 amide bonds. The lowest BCUT2D eigenvalue weighted by Gasteiger charge is -2.34. The molecule has 3 aromatic heterocycles. The number of nitrogens with two attached hydrogens (primary N) is 1. The first-order valence-corrected chi connectivity index (χ1v) is 7.33. The molecule has 1 unspecified atom stereocenters. The normalized spacial score (nSPS) is 18.7. The van der Waals surface area contributed by atoms with Crippen LogP contribution in [0.1, 0.15) is 31.1 Å². The van der Waals surface area contributed by atoms with Crippen molar-refractivity contribution in [2.75, 3.05) is 17.2 Å². The van der Waals surface area contributed by atoms with E-state index in [1.165, 1.54) is 0 Å². The van der Waals surface area contributed by atoms with E-state index >= 15 is 0 Å². The molecule has 1 aliphatic rings. The Morgan fingerprint density at radius 1 is 1.05 bits per heavy atom. The van der Waals surface area contributed by atoms with E-state index in [4.69, 9.17) is 5.73 Å². The van der Waals surface area contributed by atoms with Crippen LogP contribution in [0.25, 0.3) is 5.65 Å². The lowest BCUT2D eigenvalue weighted by Crippen LogP contribution is -2.35. The van der Waals surface area contributed by atoms with Crippen LogP contribution in [0.15, 0.2) is 30.9 Å². The summed E-state index contributed by atoms with van der Waals surface area (Å²) >= 11 is 0. The van der Waals surface area contributed by atoms with Crippen LogP contribution in [0.3, 0.4) is 0 Å². The van der Waals surface area contributed by atoms with Crippen LogP contribution in [0.5, 0.6) is 0 Å². The largest absolute Gasteiger partial charge is 0.381 e. The second-order valence-corrected chi connectivity index (χ2v) is 5.32. The summed E-state index contributed by atoms with van der Waals surface area (Å²) in [6, 6.07) is 1.91. The third-order valence-electron chi connectivity index (χ3n) is 3.99. The number of anilines is 2. The minimum Gasteiger partial charge on any atom is -0.381 e. The standard InChI is InChI=1S/C14H16N8/c15-11-13-20-19-12(22(13)9-7-16-11)10-4-1-2-8-21(10)14-17-5-3-6-18-14/h3,5-7,9-10H,1-2,4,8H2,(H2,15,16). The highest BCUT2D eigenvalue weighted by Gasteiger charge is 2.29. The van der Waals surface area contributed by atoms with Gasteiger partial charge in [-0.1, -0.05) is 0 Å². The molecule has 1 fully saturated rings. The van der Waals surface area contributed by atoms with Crippen molar-refractivity contribution in [1.29, 1.82) is 0 Å². The lowest BCUT2D eigenvalue weighted by molar-refractivity contribution is 0.446. The van der Waals surface area contributed by atoms with Gasteiger partial charge in [0.1, 0.15) is 0 Å². The Morgan fingerprint density at radius 2 is 1.91 bits per heavy atom. The molecule has 8 nitrogen and oxygen atoms in total. The van der Waals surface area contributed by atoms with E-state index in [0.29, 0.717) is 11.5 Å². The molecule has 0 radical (unpaired) electrons. The molecule has 0 bridgehead atoms. The number of nitrogens with zero attached hydrogens (tertiary/aromatic N) is 7. The molecular formula is C14H16N8. The average Bonchev–Trinajstić information content (AvgIpc) is 3.01. The number of aromatic nitrogens is 6. The van der Waals surface area contributed by atoms with Crippen LogP contribution in [-0.2, 0) is 0 Å². The fourth-order valence-electron chi connectivity index (χ4n) is 2.97. The molecular weight excluding hydrogens is 280 g/mol. The molecule has 2 N–H and O–H groups in total. The van der Waals surface area contributed by atoms with Gasteiger partial charge in [0.25, 0.3) is 0 Å². The van der Waals surface area contributed by atoms with Gasteiger partial charge in [0, 0.05) is 31.3 Å². The molecule has 1 saturated heterocycles. The van der Waals surface area contributed by atoms with Gasteiger partial charge in [-0.25, -0.2) is 15.0 Å². The van der Waals surface area contributed by atoms with Gasteiger partial charge in [-0.05, 0) is 25.3 Å². The van der Waals surface area contributed by atoms with E-state index in [1.807, 2.05) is 16.7 Å². The fourth-order valence-corrected chi connectivity index (χ4v) is 2.97. The SMILES string of the molecule is Nc1nccn2c(C3CCCCN3c3ncccn3)nnc12. The van der Waals surface area contributed by atoms with Crippen LogP contribution >= 0.6 is 0 Å². The second-order valence-electron chi connectivity index (χ2n) is 5.32. The van der Waals surface area contributed by atoms with Gasteiger partial charge in [0.2, 0.25) is 11.6 Å². The fraction of sp³-hybridized carbons (Fsp3) is 0.357. The first kappa shape index (κ1) is 12.9. The zero-order valence-corrected chi connectivity index (χ0v) is 12.0.